The van der Waals surface area contributed by atoms with Gasteiger partial charge in [-0.1, -0.05) is 76.0 Å². The smallest absolute Gasteiger partial charge is 0.410 e. The maximum atomic E-state index is 13.3. The van der Waals surface area contributed by atoms with Gasteiger partial charge in [-0.05, 0) is 40.6 Å². The largest absolute Gasteiger partial charge is 0.445 e. The Hall–Kier alpha value is -4.56. The van der Waals surface area contributed by atoms with Crippen LogP contribution in [0.3, 0.4) is 0 Å². The molecule has 1 saturated heterocycles. The van der Waals surface area contributed by atoms with Crippen molar-refractivity contribution in [3.05, 3.63) is 103 Å². The van der Waals surface area contributed by atoms with E-state index in [1.54, 1.807) is 0 Å². The first-order valence-corrected chi connectivity index (χ1v) is 13.8. The summed E-state index contributed by atoms with van der Waals surface area (Å²) in [6.07, 6.45) is -8.72. The molecule has 2 aromatic rings. The second-order valence-electron chi connectivity index (χ2n) is 10.3. The molecule has 1 saturated carbocycles. The van der Waals surface area contributed by atoms with Crippen LogP contribution < -0.4 is 0 Å². The maximum Gasteiger partial charge on any atom is 0.410 e. The first-order valence-electron chi connectivity index (χ1n) is 13.8. The number of azide groups is 3. The third-order valence-corrected chi connectivity index (χ3v) is 7.46. The summed E-state index contributed by atoms with van der Waals surface area (Å²) in [5, 5.41) is 42.6. The van der Waals surface area contributed by atoms with Gasteiger partial charge in [0.05, 0.1) is 43.0 Å². The number of aliphatic hydroxyl groups excluding tert-OH is 3. The normalized spacial score (nSPS) is 29.7. The number of benzene rings is 2. The number of aliphatic hydroxyl groups is 3. The van der Waals surface area contributed by atoms with E-state index in [2.05, 4.69) is 30.1 Å². The fourth-order valence-electron chi connectivity index (χ4n) is 5.24. The highest BCUT2D eigenvalue weighted by molar-refractivity contribution is 5.67. The minimum absolute atomic E-state index is 0.0581. The summed E-state index contributed by atoms with van der Waals surface area (Å²) >= 11 is 0. The Morgan fingerprint density at radius 2 is 1.45 bits per heavy atom. The van der Waals surface area contributed by atoms with Gasteiger partial charge in [0.2, 0.25) is 0 Å². The van der Waals surface area contributed by atoms with Crippen molar-refractivity contribution < 1.29 is 34.3 Å². The first kappa shape index (κ1) is 32.4. The van der Waals surface area contributed by atoms with Crippen LogP contribution in [0.4, 0.5) is 4.79 Å². The van der Waals surface area contributed by atoms with Crippen LogP contribution in [-0.2, 0) is 27.4 Å². The van der Waals surface area contributed by atoms with Gasteiger partial charge < -0.3 is 34.4 Å². The molecule has 3 N–H and O–H groups in total. The van der Waals surface area contributed by atoms with Gasteiger partial charge in [-0.25, -0.2) is 4.79 Å². The zero-order chi connectivity index (χ0) is 31.5. The van der Waals surface area contributed by atoms with Crippen LogP contribution in [-0.4, -0.2) is 87.8 Å². The van der Waals surface area contributed by atoms with Crippen molar-refractivity contribution >= 4 is 6.09 Å². The SMILES string of the molecule is [N-]=[N+]=NC1CCC(CN(Cc2ccccc2)C(=O)OCc2ccccc2)OC1OC1C(O)C(O)C(N=[N+]=[N-])C(O)C1N=[N+]=[N-]. The molecule has 0 spiro atoms. The van der Waals surface area contributed by atoms with Gasteiger partial charge in [0.15, 0.2) is 6.29 Å². The van der Waals surface area contributed by atoms with Crippen molar-refractivity contribution in [2.45, 2.75) is 80.9 Å². The van der Waals surface area contributed by atoms with Crippen molar-refractivity contribution in [1.82, 2.24) is 4.90 Å². The molecule has 17 nitrogen and oxygen atoms in total. The minimum Gasteiger partial charge on any atom is -0.445 e. The molecule has 9 unspecified atom stereocenters. The molecule has 1 aliphatic heterocycles. The van der Waals surface area contributed by atoms with E-state index < -0.39 is 61.0 Å². The summed E-state index contributed by atoms with van der Waals surface area (Å²) in [5.74, 6) is 0. The number of hydrogen-bond donors (Lipinski definition) is 3. The molecule has 1 amide bonds. The monoisotopic (exact) mass is 608 g/mol. The summed E-state index contributed by atoms with van der Waals surface area (Å²) in [6.45, 7) is 0.324. The molecule has 1 aliphatic carbocycles. The molecule has 232 valence electrons. The van der Waals surface area contributed by atoms with Crippen molar-refractivity contribution in [2.75, 3.05) is 6.54 Å². The summed E-state index contributed by atoms with van der Waals surface area (Å²) < 4.78 is 17.7. The van der Waals surface area contributed by atoms with Crippen LogP contribution >= 0.6 is 0 Å². The number of amides is 1. The van der Waals surface area contributed by atoms with Crippen LogP contribution in [0.2, 0.25) is 0 Å². The zero-order valence-electron chi connectivity index (χ0n) is 23.5. The Bertz CT molecular complexity index is 1390. The molecule has 2 aromatic carbocycles. The average molecular weight is 609 g/mol. The lowest BCUT2D eigenvalue weighted by Crippen LogP contribution is -2.64. The van der Waals surface area contributed by atoms with Crippen LogP contribution in [0, 0.1) is 0 Å². The van der Waals surface area contributed by atoms with Crippen molar-refractivity contribution in [2.24, 2.45) is 15.3 Å². The molecule has 1 heterocycles. The Morgan fingerprint density at radius 3 is 2.09 bits per heavy atom. The third-order valence-electron chi connectivity index (χ3n) is 7.46. The van der Waals surface area contributed by atoms with Gasteiger partial charge in [0.25, 0.3) is 0 Å². The molecule has 0 bridgehead atoms. The van der Waals surface area contributed by atoms with Crippen LogP contribution in [0.25, 0.3) is 31.3 Å². The highest BCUT2D eigenvalue weighted by atomic mass is 16.7. The quantitative estimate of drug-likeness (QED) is 0.193. The highest BCUT2D eigenvalue weighted by Gasteiger charge is 2.51. The van der Waals surface area contributed by atoms with Crippen molar-refractivity contribution in [1.29, 1.82) is 0 Å². The molecule has 0 radical (unpaired) electrons. The second-order valence-corrected chi connectivity index (χ2v) is 10.3. The van der Waals surface area contributed by atoms with Gasteiger partial charge in [-0.15, -0.1) is 0 Å². The molecule has 2 aliphatic rings. The lowest BCUT2D eigenvalue weighted by atomic mass is 9.82. The molecule has 17 heteroatoms. The summed E-state index contributed by atoms with van der Waals surface area (Å²) in [6, 6.07) is 14.6. The first-order chi connectivity index (χ1) is 21.4. The van der Waals surface area contributed by atoms with E-state index in [4.69, 9.17) is 30.8 Å². The molecule has 44 heavy (non-hydrogen) atoms. The van der Waals surface area contributed by atoms with E-state index in [0.717, 1.165) is 11.1 Å². The average Bonchev–Trinajstić information content (AvgIpc) is 3.04. The molecule has 2 fully saturated rings. The number of nitrogens with zero attached hydrogens (tertiary/aromatic N) is 10. The van der Waals surface area contributed by atoms with Crippen molar-refractivity contribution in [3.8, 4) is 0 Å². The number of carbonyl (C=O) groups excluding carboxylic acids is 1. The Kier molecular flexibility index (Phi) is 11.6. The lowest BCUT2D eigenvalue weighted by Gasteiger charge is -2.45. The number of rotatable bonds is 11. The van der Waals surface area contributed by atoms with Crippen molar-refractivity contribution in [3.63, 3.8) is 0 Å². The lowest BCUT2D eigenvalue weighted by molar-refractivity contribution is -0.262. The Labute approximate surface area is 251 Å². The van der Waals surface area contributed by atoms with E-state index in [9.17, 15) is 20.1 Å². The fraction of sp³-hybridized carbons (Fsp3) is 0.519. The molecule has 9 atom stereocenters. The van der Waals surface area contributed by atoms with E-state index in [1.807, 2.05) is 60.7 Å². The maximum absolute atomic E-state index is 13.3. The van der Waals surface area contributed by atoms with E-state index in [1.165, 1.54) is 4.90 Å². The zero-order valence-corrected chi connectivity index (χ0v) is 23.5. The Balaban J connectivity index is 1.53. The fourth-order valence-corrected chi connectivity index (χ4v) is 5.24. The molecular formula is C27H32N10O7. The third kappa shape index (κ3) is 8.08. The number of ether oxygens (including phenoxy) is 3. The van der Waals surface area contributed by atoms with Crippen LogP contribution in [0.1, 0.15) is 24.0 Å². The number of carbonyl (C=O) groups is 1. The van der Waals surface area contributed by atoms with E-state index in [-0.39, 0.29) is 26.1 Å². The van der Waals surface area contributed by atoms with Gasteiger partial charge in [0.1, 0.15) is 18.8 Å². The van der Waals surface area contributed by atoms with E-state index >= 15 is 0 Å². The molecule has 0 aromatic heterocycles. The van der Waals surface area contributed by atoms with Gasteiger partial charge in [-0.2, -0.15) is 0 Å². The topological polar surface area (TPSA) is 255 Å². The summed E-state index contributed by atoms with van der Waals surface area (Å²) in [4.78, 5) is 22.8. The van der Waals surface area contributed by atoms with Gasteiger partial charge in [0, 0.05) is 21.3 Å². The Morgan fingerprint density at radius 1 is 0.841 bits per heavy atom. The molecule has 4 rings (SSSR count). The molecular weight excluding hydrogens is 576 g/mol. The summed E-state index contributed by atoms with van der Waals surface area (Å²) in [7, 11) is 0. The second kappa shape index (κ2) is 15.8. The van der Waals surface area contributed by atoms with E-state index in [0.29, 0.717) is 6.42 Å². The number of hydrogen-bond acceptors (Lipinski definition) is 10. The highest BCUT2D eigenvalue weighted by Crippen LogP contribution is 2.33. The predicted octanol–water partition coefficient (Wildman–Crippen LogP) is 3.85. The van der Waals surface area contributed by atoms with Gasteiger partial charge in [-0.3, -0.25) is 0 Å². The van der Waals surface area contributed by atoms with Gasteiger partial charge >= 0.3 is 6.09 Å². The van der Waals surface area contributed by atoms with Crippen LogP contribution in [0.15, 0.2) is 76.0 Å². The van der Waals surface area contributed by atoms with Crippen LogP contribution in [0.5, 0.6) is 0 Å². The minimum atomic E-state index is -1.78. The standard InChI is InChI=1S/C27H32N10O7/c28-34-31-19-12-11-18(43-26(19)44-25-21(33-36-30)22(38)20(32-35-29)23(39)24(25)40)14-37(13-16-7-3-1-4-8-16)27(41)42-15-17-9-5-2-6-10-17/h1-10,18-26,38-40H,11-15H2. The summed E-state index contributed by atoms with van der Waals surface area (Å²) in [5.41, 5.74) is 28.7. The predicted molar refractivity (Wildman–Crippen MR) is 153 cm³/mol.